The zero-order chi connectivity index (χ0) is 17.6. The molecule has 5 nitrogen and oxygen atoms in total. The molecule has 6 heteroatoms. The number of ketones is 1. The molecule has 0 fully saturated rings. The maximum Gasteiger partial charge on any atom is 0.208 e. The van der Waals surface area contributed by atoms with Gasteiger partial charge in [-0.2, -0.15) is 6.92 Å². The van der Waals surface area contributed by atoms with E-state index in [1.54, 1.807) is 6.92 Å². The van der Waals surface area contributed by atoms with Gasteiger partial charge in [-0.3, -0.25) is 10.1 Å². The Bertz CT molecular complexity index is 242. The third-order valence-corrected chi connectivity index (χ3v) is 1.22. The van der Waals surface area contributed by atoms with Gasteiger partial charge in [0.15, 0.2) is 0 Å². The number of hydrogen-bond acceptors (Lipinski definition) is 4. The molecular formula is C20H55N2O3V-. The minimum atomic E-state index is -0.292. The number of carbonyl (C=O) groups is 1. The Morgan fingerprint density at radius 2 is 1.04 bits per heavy atom. The van der Waals surface area contributed by atoms with Crippen molar-refractivity contribution in [3.05, 3.63) is 17.0 Å². The molecule has 0 aliphatic carbocycles. The van der Waals surface area contributed by atoms with Crippen molar-refractivity contribution in [3.8, 4) is 0 Å². The van der Waals surface area contributed by atoms with Crippen LogP contribution in [-0.2, 0) is 23.4 Å². The average molecular weight is 423 g/mol. The van der Waals surface area contributed by atoms with Crippen LogP contribution in [0.5, 0.6) is 0 Å². The fourth-order valence-electron chi connectivity index (χ4n) is 0.387. The topological polar surface area (TPSA) is 86.2 Å². The van der Waals surface area contributed by atoms with Crippen molar-refractivity contribution in [2.45, 2.75) is 99.4 Å². The van der Waals surface area contributed by atoms with Crippen molar-refractivity contribution in [2.24, 2.45) is 16.6 Å². The van der Waals surface area contributed by atoms with Crippen molar-refractivity contribution >= 4 is 5.78 Å². The summed E-state index contributed by atoms with van der Waals surface area (Å²) < 4.78 is 0. The van der Waals surface area contributed by atoms with Gasteiger partial charge in [0.25, 0.3) is 0 Å². The predicted molar refractivity (Wildman–Crippen MR) is 121 cm³/mol. The minimum Gasteiger partial charge on any atom is -0.346 e. The van der Waals surface area contributed by atoms with Crippen LogP contribution in [0.1, 0.15) is 99.4 Å². The molecule has 0 aromatic heterocycles. The van der Waals surface area contributed by atoms with Crippen molar-refractivity contribution in [2.75, 3.05) is 13.1 Å². The molecule has 1 radical (unpaired) electrons. The Kier molecular flexibility index (Phi) is 87.3. The van der Waals surface area contributed by atoms with Crippen LogP contribution in [0.15, 0.2) is 0 Å². The van der Waals surface area contributed by atoms with Crippen LogP contribution in [0.4, 0.5) is 0 Å². The summed E-state index contributed by atoms with van der Waals surface area (Å²) in [6.45, 7) is 20.8. The summed E-state index contributed by atoms with van der Waals surface area (Å²) >= 11 is 0. The summed E-state index contributed by atoms with van der Waals surface area (Å²) in [4.78, 5) is 19.0. The molecule has 0 saturated heterocycles. The Hall–Kier alpha value is -0.386. The largest absolute Gasteiger partial charge is 0.346 e. The summed E-state index contributed by atoms with van der Waals surface area (Å²) in [5.41, 5.74) is 5.45. The molecule has 0 bridgehead atoms. The van der Waals surface area contributed by atoms with Crippen LogP contribution >= 0.6 is 0 Å². The van der Waals surface area contributed by atoms with Crippen molar-refractivity contribution in [3.63, 3.8) is 0 Å². The second kappa shape index (κ2) is 35.7. The van der Waals surface area contributed by atoms with E-state index in [2.05, 4.69) is 27.7 Å². The average Bonchev–Trinajstić information content (AvgIpc) is 2.15. The van der Waals surface area contributed by atoms with Crippen LogP contribution in [0.25, 0.3) is 0 Å². The zero-order valence-electron chi connectivity index (χ0n) is 15.3. The maximum atomic E-state index is 9.82. The third kappa shape index (κ3) is 208. The monoisotopic (exact) mass is 422 g/mol. The number of carbonyl (C=O) groups excluding carboxylic acids is 1. The Morgan fingerprint density at radius 1 is 0.885 bits per heavy atom. The van der Waals surface area contributed by atoms with E-state index in [4.69, 9.17) is 5.73 Å². The van der Waals surface area contributed by atoms with E-state index in [0.717, 1.165) is 6.54 Å². The van der Waals surface area contributed by atoms with E-state index in [-0.39, 0.29) is 78.4 Å². The van der Waals surface area contributed by atoms with Gasteiger partial charge < -0.3 is 17.5 Å². The molecule has 0 atom stereocenters. The van der Waals surface area contributed by atoms with Gasteiger partial charge in [0.2, 0.25) is 6.54 Å². The van der Waals surface area contributed by atoms with Crippen LogP contribution < -0.4 is 5.73 Å². The number of rotatable bonds is 1. The van der Waals surface area contributed by atoms with Gasteiger partial charge >= 0.3 is 0 Å². The second-order valence-electron chi connectivity index (χ2n) is 6.72. The first-order chi connectivity index (χ1) is 8.71. The summed E-state index contributed by atoms with van der Waals surface area (Å²) in [5.74, 6) is 0.167. The first-order valence-corrected chi connectivity index (χ1v) is 6.71. The number of Topliss-reactive ketones (excluding diaryl/α,β-unsaturated/α-hetero) is 1. The van der Waals surface area contributed by atoms with E-state index in [0.29, 0.717) is 5.41 Å². The van der Waals surface area contributed by atoms with Gasteiger partial charge in [-0.25, -0.2) is 0 Å². The molecular weight excluding hydrogens is 367 g/mol. The van der Waals surface area contributed by atoms with Crippen molar-refractivity contribution in [1.29, 1.82) is 0 Å². The third-order valence-electron chi connectivity index (χ3n) is 1.22. The number of nitrogens with two attached hydrogens (primary N) is 1. The Balaban J connectivity index is -0.0000000163. The second-order valence-corrected chi connectivity index (χ2v) is 6.72. The van der Waals surface area contributed by atoms with Gasteiger partial charge in [-0.15, -0.1) is 0 Å². The number of nitrogens with zero attached hydrogens (tertiary/aromatic N) is 1. The van der Waals surface area contributed by atoms with Crippen molar-refractivity contribution in [1.82, 2.24) is 0 Å². The maximum absolute atomic E-state index is 9.82. The molecule has 2 N–H and O–H groups in total. The normalized spacial score (nSPS) is 7.50. The van der Waals surface area contributed by atoms with Crippen LogP contribution in [0.2, 0.25) is 0 Å². The molecule has 0 aromatic carbocycles. The fourth-order valence-corrected chi connectivity index (χ4v) is 0.387. The first-order valence-electron chi connectivity index (χ1n) is 6.71. The van der Waals surface area contributed by atoms with E-state index in [9.17, 15) is 14.9 Å². The molecule has 0 heterocycles. The molecule has 0 amide bonds. The molecule has 0 spiro atoms. The van der Waals surface area contributed by atoms with Gasteiger partial charge in [0, 0.05) is 28.9 Å². The standard InChI is InChI=1S/C5H11NO2.C5H13N.C3H6O.C2H5.5CH4.V/c1-5(2,3)4-6(7)8;1-5(2,3)4-6;1-3(2)4;1-2;;;;;;/h4H2,1-3H3;4,6H2,1-3H3;1-2H3;1H2,2H3;5*1H4;/q;;;-1;;;;;;. The number of hydrogen-bond donors (Lipinski definition) is 1. The molecule has 0 aliphatic rings. The zero-order valence-corrected chi connectivity index (χ0v) is 16.7. The SMILES string of the molecule is C.C.C.C.C.CC(C)(C)CN.CC(C)(C)C[N+](=O)[O-].CC(C)=O.[CH2-]C.[V]. The predicted octanol–water partition coefficient (Wildman–Crippen LogP) is 6.91. The quantitative estimate of drug-likeness (QED) is 0.282. The molecule has 0 saturated carbocycles. The van der Waals surface area contributed by atoms with Crippen LogP contribution in [0, 0.1) is 27.9 Å². The first kappa shape index (κ1) is 63.7. The van der Waals surface area contributed by atoms with Gasteiger partial charge in [0.1, 0.15) is 5.78 Å². The van der Waals surface area contributed by atoms with E-state index in [1.807, 2.05) is 20.8 Å². The van der Waals surface area contributed by atoms with Gasteiger partial charge in [-0.1, -0.05) is 78.7 Å². The molecule has 26 heavy (non-hydrogen) atoms. The Labute approximate surface area is 180 Å². The van der Waals surface area contributed by atoms with Gasteiger partial charge in [-0.05, 0) is 25.8 Å². The van der Waals surface area contributed by atoms with E-state index in [1.165, 1.54) is 13.8 Å². The number of nitro groups is 1. The summed E-state index contributed by atoms with van der Waals surface area (Å²) in [6, 6.07) is 0. The fraction of sp³-hybridized carbons (Fsp3) is 0.900. The van der Waals surface area contributed by atoms with Crippen LogP contribution in [-0.4, -0.2) is 23.8 Å². The smallest absolute Gasteiger partial charge is 0.208 e. The van der Waals surface area contributed by atoms with Crippen molar-refractivity contribution < 1.29 is 28.3 Å². The molecule has 0 aliphatic heterocycles. The molecule has 0 aromatic rings. The molecule has 0 rings (SSSR count). The summed E-state index contributed by atoms with van der Waals surface area (Å²) in [5, 5.41) is 9.82. The summed E-state index contributed by atoms with van der Waals surface area (Å²) in [6.07, 6.45) is 0. The minimum absolute atomic E-state index is 0. The van der Waals surface area contributed by atoms with Gasteiger partial charge in [0.05, 0.1) is 0 Å². The van der Waals surface area contributed by atoms with Crippen LogP contribution in [0.3, 0.4) is 0 Å². The van der Waals surface area contributed by atoms with E-state index < -0.39 is 0 Å². The summed E-state index contributed by atoms with van der Waals surface area (Å²) in [7, 11) is 0. The van der Waals surface area contributed by atoms with E-state index >= 15 is 0 Å². The Morgan fingerprint density at radius 3 is 1.04 bits per heavy atom. The molecule has 0 unspecified atom stereocenters. The molecule has 169 valence electrons.